The maximum absolute atomic E-state index is 10.8. The highest BCUT2D eigenvalue weighted by Gasteiger charge is 2.35. The Kier molecular flexibility index (Phi) is 2.35. The number of carboxylic acids is 1. The molecule has 2 aliphatic rings. The van der Waals surface area contributed by atoms with Crippen LogP contribution >= 0.6 is 11.3 Å². The third-order valence-corrected chi connectivity index (χ3v) is 4.11. The molecule has 1 aromatic heterocycles. The number of thiazole rings is 1. The van der Waals surface area contributed by atoms with Crippen molar-refractivity contribution in [2.75, 3.05) is 11.4 Å². The first-order valence-electron chi connectivity index (χ1n) is 5.70. The lowest BCUT2D eigenvalue weighted by Crippen LogP contribution is -2.27. The van der Waals surface area contributed by atoms with Gasteiger partial charge < -0.3 is 10.0 Å². The molecule has 0 amide bonds. The predicted octanol–water partition coefficient (Wildman–Crippen LogP) is 2.22. The van der Waals surface area contributed by atoms with Crippen molar-refractivity contribution in [3.63, 3.8) is 0 Å². The Balaban J connectivity index is 1.77. The second-order valence-electron chi connectivity index (χ2n) is 4.64. The van der Waals surface area contributed by atoms with Crippen LogP contribution in [0.25, 0.3) is 0 Å². The number of nitrogens with zero attached hydrogens (tertiary/aromatic N) is 2. The molecular weight excluding hydrogens is 224 g/mol. The van der Waals surface area contributed by atoms with Crippen LogP contribution in [-0.4, -0.2) is 28.6 Å². The maximum Gasteiger partial charge on any atom is 0.347 e. The van der Waals surface area contributed by atoms with Crippen LogP contribution < -0.4 is 4.90 Å². The van der Waals surface area contributed by atoms with Gasteiger partial charge in [-0.2, -0.15) is 0 Å². The Hall–Kier alpha value is -1.10. The highest BCUT2D eigenvalue weighted by molar-refractivity contribution is 7.17. The molecule has 16 heavy (non-hydrogen) atoms. The summed E-state index contributed by atoms with van der Waals surface area (Å²) in [6.45, 7) is 1.07. The summed E-state index contributed by atoms with van der Waals surface area (Å²) in [7, 11) is 0. The largest absolute Gasteiger partial charge is 0.477 e. The number of rotatable bonds is 5. The highest BCUT2D eigenvalue weighted by Crippen LogP contribution is 2.38. The minimum Gasteiger partial charge on any atom is -0.477 e. The van der Waals surface area contributed by atoms with Crippen LogP contribution in [0, 0.1) is 5.92 Å². The maximum atomic E-state index is 10.8. The number of hydrogen-bond donors (Lipinski definition) is 1. The molecule has 0 bridgehead atoms. The number of aromatic carboxylic acids is 1. The summed E-state index contributed by atoms with van der Waals surface area (Å²) in [5.74, 6) is -0.0521. The Bertz CT molecular complexity index is 410. The van der Waals surface area contributed by atoms with Gasteiger partial charge in [-0.15, -0.1) is 0 Å². The fraction of sp³-hybridized carbons (Fsp3) is 0.636. The van der Waals surface area contributed by atoms with E-state index in [4.69, 9.17) is 5.11 Å². The summed E-state index contributed by atoms with van der Waals surface area (Å²) in [4.78, 5) is 17.7. The zero-order valence-corrected chi connectivity index (χ0v) is 9.74. The van der Waals surface area contributed by atoms with Gasteiger partial charge in [-0.25, -0.2) is 9.78 Å². The number of carboxylic acid groups (broad SMARTS) is 1. The van der Waals surface area contributed by atoms with Gasteiger partial charge in [-0.05, 0) is 31.6 Å². The Morgan fingerprint density at radius 2 is 2.25 bits per heavy atom. The normalized spacial score (nSPS) is 19.8. The molecule has 4 nitrogen and oxygen atoms in total. The van der Waals surface area contributed by atoms with Crippen LogP contribution in [0.1, 0.15) is 35.4 Å². The third kappa shape index (κ3) is 2.04. The van der Waals surface area contributed by atoms with Gasteiger partial charge in [0.2, 0.25) is 0 Å². The first-order valence-corrected chi connectivity index (χ1v) is 6.51. The molecule has 0 atom stereocenters. The molecule has 0 aromatic carbocycles. The van der Waals surface area contributed by atoms with Gasteiger partial charge in [-0.1, -0.05) is 11.3 Å². The molecule has 5 heteroatoms. The summed E-state index contributed by atoms with van der Waals surface area (Å²) in [6, 6.07) is 0.619. The number of hydrogen-bond acceptors (Lipinski definition) is 4. The van der Waals surface area contributed by atoms with E-state index in [2.05, 4.69) is 9.88 Å². The molecule has 0 aliphatic heterocycles. The Labute approximate surface area is 97.9 Å². The summed E-state index contributed by atoms with van der Waals surface area (Å²) in [5, 5.41) is 9.78. The van der Waals surface area contributed by atoms with E-state index in [0.717, 1.165) is 17.6 Å². The summed E-state index contributed by atoms with van der Waals surface area (Å²) >= 11 is 1.30. The van der Waals surface area contributed by atoms with Crippen LogP contribution in [0.15, 0.2) is 6.20 Å². The second kappa shape index (κ2) is 3.73. The van der Waals surface area contributed by atoms with Crippen molar-refractivity contribution < 1.29 is 9.90 Å². The lowest BCUT2D eigenvalue weighted by atomic mass is 10.4. The van der Waals surface area contributed by atoms with Crippen LogP contribution in [0.3, 0.4) is 0 Å². The van der Waals surface area contributed by atoms with Crippen molar-refractivity contribution in [3.05, 3.63) is 11.1 Å². The minimum absolute atomic E-state index is 0.344. The van der Waals surface area contributed by atoms with Crippen molar-refractivity contribution in [3.8, 4) is 0 Å². The van der Waals surface area contributed by atoms with E-state index in [-0.39, 0.29) is 0 Å². The van der Waals surface area contributed by atoms with E-state index in [0.29, 0.717) is 10.9 Å². The second-order valence-corrected chi connectivity index (χ2v) is 5.65. The van der Waals surface area contributed by atoms with E-state index in [1.165, 1.54) is 43.2 Å². The summed E-state index contributed by atoms with van der Waals surface area (Å²) in [5.41, 5.74) is 0. The van der Waals surface area contributed by atoms with Crippen molar-refractivity contribution in [2.45, 2.75) is 31.7 Å². The first-order chi connectivity index (χ1) is 7.74. The van der Waals surface area contributed by atoms with Gasteiger partial charge >= 0.3 is 5.97 Å². The SMILES string of the molecule is O=C(O)c1cnc(N(CC2CC2)C2CC2)s1. The smallest absolute Gasteiger partial charge is 0.347 e. The number of carbonyl (C=O) groups is 1. The molecule has 2 fully saturated rings. The van der Waals surface area contributed by atoms with Crippen molar-refractivity contribution >= 4 is 22.4 Å². The molecule has 0 radical (unpaired) electrons. The molecule has 0 spiro atoms. The van der Waals surface area contributed by atoms with Crippen LogP contribution in [-0.2, 0) is 0 Å². The van der Waals surface area contributed by atoms with E-state index in [1.54, 1.807) is 0 Å². The lowest BCUT2D eigenvalue weighted by molar-refractivity contribution is 0.0702. The molecule has 2 aliphatic carbocycles. The first kappa shape index (κ1) is 10.1. The standard InChI is InChI=1S/C11H14N2O2S/c14-10(15)9-5-12-11(16-9)13(8-3-4-8)6-7-1-2-7/h5,7-8H,1-4,6H2,(H,14,15). The van der Waals surface area contributed by atoms with Crippen LogP contribution in [0.2, 0.25) is 0 Å². The minimum atomic E-state index is -0.870. The van der Waals surface area contributed by atoms with Crippen molar-refractivity contribution in [1.82, 2.24) is 4.98 Å². The van der Waals surface area contributed by atoms with Crippen molar-refractivity contribution in [1.29, 1.82) is 0 Å². The van der Waals surface area contributed by atoms with E-state index >= 15 is 0 Å². The Morgan fingerprint density at radius 1 is 1.50 bits per heavy atom. The molecule has 0 saturated heterocycles. The quantitative estimate of drug-likeness (QED) is 0.854. The molecule has 0 unspecified atom stereocenters. The fourth-order valence-corrected chi connectivity index (χ4v) is 2.68. The zero-order valence-electron chi connectivity index (χ0n) is 8.93. The van der Waals surface area contributed by atoms with Gasteiger partial charge in [0, 0.05) is 12.6 Å². The average molecular weight is 238 g/mol. The summed E-state index contributed by atoms with van der Waals surface area (Å²) < 4.78 is 0. The zero-order chi connectivity index (χ0) is 11.1. The molecule has 1 heterocycles. The fourth-order valence-electron chi connectivity index (χ4n) is 1.84. The van der Waals surface area contributed by atoms with Crippen molar-refractivity contribution in [2.24, 2.45) is 5.92 Å². The van der Waals surface area contributed by atoms with E-state index in [9.17, 15) is 4.79 Å². The summed E-state index contributed by atoms with van der Waals surface area (Å²) in [6.07, 6.45) is 6.58. The molecular formula is C11H14N2O2S. The van der Waals surface area contributed by atoms with E-state index in [1.807, 2.05) is 0 Å². The average Bonchev–Trinajstić information content (AvgIpc) is 3.14. The number of aromatic nitrogens is 1. The van der Waals surface area contributed by atoms with Gasteiger partial charge in [0.15, 0.2) is 5.13 Å². The van der Waals surface area contributed by atoms with Gasteiger partial charge in [0.05, 0.1) is 6.20 Å². The molecule has 2 saturated carbocycles. The monoisotopic (exact) mass is 238 g/mol. The highest BCUT2D eigenvalue weighted by atomic mass is 32.1. The third-order valence-electron chi connectivity index (χ3n) is 3.09. The molecule has 86 valence electrons. The molecule has 1 N–H and O–H groups in total. The molecule has 3 rings (SSSR count). The lowest BCUT2D eigenvalue weighted by Gasteiger charge is -2.20. The number of anilines is 1. The van der Waals surface area contributed by atoms with E-state index < -0.39 is 5.97 Å². The Morgan fingerprint density at radius 3 is 2.75 bits per heavy atom. The van der Waals surface area contributed by atoms with Gasteiger partial charge in [0.25, 0.3) is 0 Å². The predicted molar refractivity (Wildman–Crippen MR) is 62.2 cm³/mol. The van der Waals surface area contributed by atoms with Gasteiger partial charge in [-0.3, -0.25) is 0 Å². The topological polar surface area (TPSA) is 53.4 Å². The van der Waals surface area contributed by atoms with Crippen LogP contribution in [0.4, 0.5) is 5.13 Å². The van der Waals surface area contributed by atoms with Gasteiger partial charge in [0.1, 0.15) is 4.88 Å². The van der Waals surface area contributed by atoms with Crippen LogP contribution in [0.5, 0.6) is 0 Å². The molecule has 1 aromatic rings.